The topological polar surface area (TPSA) is 69.0 Å². The van der Waals surface area contributed by atoms with E-state index in [0.29, 0.717) is 17.7 Å². The van der Waals surface area contributed by atoms with Crippen molar-refractivity contribution in [1.29, 1.82) is 0 Å². The van der Waals surface area contributed by atoms with Gasteiger partial charge in [-0.3, -0.25) is 4.79 Å². The van der Waals surface area contributed by atoms with E-state index < -0.39 is 0 Å². The van der Waals surface area contributed by atoms with Crippen molar-refractivity contribution in [3.05, 3.63) is 29.3 Å². The summed E-state index contributed by atoms with van der Waals surface area (Å²) in [6, 6.07) is 7.88. The van der Waals surface area contributed by atoms with E-state index in [2.05, 4.69) is 15.5 Å². The molecule has 1 heterocycles. The Bertz CT molecular complexity index is 746. The van der Waals surface area contributed by atoms with Crippen molar-refractivity contribution in [1.82, 2.24) is 20.1 Å². The molecule has 1 aromatic heterocycles. The summed E-state index contributed by atoms with van der Waals surface area (Å²) in [5.74, 6) is 0.826. The maximum atomic E-state index is 12.3. The number of thioether (sulfide) groups is 1. The number of nitrogens with one attached hydrogen (secondary N) is 1. The van der Waals surface area contributed by atoms with Gasteiger partial charge in [0.2, 0.25) is 5.91 Å². The molecule has 0 spiro atoms. The van der Waals surface area contributed by atoms with Gasteiger partial charge in [0, 0.05) is 36.9 Å². The lowest BCUT2D eigenvalue weighted by Crippen LogP contribution is -2.32. The first-order chi connectivity index (χ1) is 12.6. The van der Waals surface area contributed by atoms with Gasteiger partial charge >= 0.3 is 0 Å². The van der Waals surface area contributed by atoms with Gasteiger partial charge in [-0.2, -0.15) is 0 Å². The van der Waals surface area contributed by atoms with Crippen molar-refractivity contribution >= 4 is 29.3 Å². The summed E-state index contributed by atoms with van der Waals surface area (Å²) in [4.78, 5) is 12.3. The summed E-state index contributed by atoms with van der Waals surface area (Å²) < 4.78 is 7.22. The molecule has 0 saturated heterocycles. The lowest BCUT2D eigenvalue weighted by molar-refractivity contribution is -0.120. The number of benzene rings is 1. The van der Waals surface area contributed by atoms with E-state index in [1.807, 2.05) is 35.8 Å². The molecule has 1 aromatic carbocycles. The zero-order valence-corrected chi connectivity index (χ0v) is 16.5. The number of ether oxygens (including phenoxy) is 1. The van der Waals surface area contributed by atoms with E-state index in [1.165, 1.54) is 11.8 Å². The predicted octanol–water partition coefficient (Wildman–Crippen LogP) is 3.39. The smallest absolute Gasteiger partial charge is 0.233 e. The van der Waals surface area contributed by atoms with Crippen molar-refractivity contribution in [2.45, 2.75) is 49.2 Å². The van der Waals surface area contributed by atoms with Gasteiger partial charge in [0.15, 0.2) is 11.0 Å². The molecular formula is C18H23ClN4O2S. The summed E-state index contributed by atoms with van der Waals surface area (Å²) in [6.07, 6.45) is 3.00. The SMILES string of the molecule is COCCCn1c(S[C@H](C)C(=O)NC2CC2)nnc1-c1ccc(Cl)cc1. The highest BCUT2D eigenvalue weighted by Gasteiger charge is 2.27. The Hall–Kier alpha value is -1.57. The normalized spacial score (nSPS) is 15.0. The molecule has 8 heteroatoms. The van der Waals surface area contributed by atoms with Crippen LogP contribution in [0.25, 0.3) is 11.4 Å². The van der Waals surface area contributed by atoms with Crippen LogP contribution in [0.4, 0.5) is 0 Å². The Morgan fingerprint density at radius 2 is 2.12 bits per heavy atom. The number of rotatable bonds is 9. The van der Waals surface area contributed by atoms with Crippen LogP contribution in [0, 0.1) is 0 Å². The molecule has 0 aliphatic heterocycles. The molecule has 6 nitrogen and oxygen atoms in total. The molecule has 1 aliphatic carbocycles. The van der Waals surface area contributed by atoms with Crippen molar-refractivity contribution in [3.8, 4) is 11.4 Å². The third kappa shape index (κ3) is 4.99. The minimum Gasteiger partial charge on any atom is -0.385 e. The van der Waals surface area contributed by atoms with Crippen LogP contribution in [0.2, 0.25) is 5.02 Å². The number of carbonyl (C=O) groups is 1. The molecule has 1 saturated carbocycles. The second kappa shape index (κ2) is 8.88. The number of hydrogen-bond donors (Lipinski definition) is 1. The van der Waals surface area contributed by atoms with Gasteiger partial charge in [0.25, 0.3) is 0 Å². The van der Waals surface area contributed by atoms with Crippen LogP contribution >= 0.6 is 23.4 Å². The van der Waals surface area contributed by atoms with Crippen LogP contribution in [0.1, 0.15) is 26.2 Å². The first-order valence-corrected chi connectivity index (χ1v) is 9.99. The third-order valence-electron chi connectivity index (χ3n) is 4.12. The third-order valence-corrected chi connectivity index (χ3v) is 5.46. The summed E-state index contributed by atoms with van der Waals surface area (Å²) >= 11 is 7.42. The first kappa shape index (κ1) is 19.2. The maximum Gasteiger partial charge on any atom is 0.233 e. The van der Waals surface area contributed by atoms with E-state index in [-0.39, 0.29) is 11.2 Å². The van der Waals surface area contributed by atoms with Gasteiger partial charge in [-0.05, 0) is 50.5 Å². The van der Waals surface area contributed by atoms with E-state index in [4.69, 9.17) is 16.3 Å². The van der Waals surface area contributed by atoms with Crippen LogP contribution in [0.15, 0.2) is 29.4 Å². The zero-order chi connectivity index (χ0) is 18.5. The van der Waals surface area contributed by atoms with Crippen LogP contribution in [0.5, 0.6) is 0 Å². The minimum atomic E-state index is -0.223. The van der Waals surface area contributed by atoms with Crippen molar-refractivity contribution in [2.75, 3.05) is 13.7 Å². The standard InChI is InChI=1S/C18H23ClN4O2S/c1-12(17(24)20-15-8-9-15)26-18-22-21-16(23(18)10-3-11-25-2)13-4-6-14(19)7-5-13/h4-7,12,15H,3,8-11H2,1-2H3,(H,20,24)/t12-/m1/s1. The molecule has 1 atom stereocenters. The Labute approximate surface area is 162 Å². The molecule has 1 N–H and O–H groups in total. The molecule has 1 aliphatic rings. The van der Waals surface area contributed by atoms with Crippen LogP contribution in [-0.2, 0) is 16.1 Å². The fraction of sp³-hybridized carbons (Fsp3) is 0.500. The molecule has 3 rings (SSSR count). The average molecular weight is 395 g/mol. The van der Waals surface area contributed by atoms with E-state index >= 15 is 0 Å². The number of hydrogen-bond acceptors (Lipinski definition) is 5. The summed E-state index contributed by atoms with van der Waals surface area (Å²) in [5, 5.41) is 12.9. The summed E-state index contributed by atoms with van der Waals surface area (Å²) in [6.45, 7) is 3.27. The largest absolute Gasteiger partial charge is 0.385 e. The molecule has 1 amide bonds. The molecule has 0 radical (unpaired) electrons. The van der Waals surface area contributed by atoms with Gasteiger partial charge in [-0.1, -0.05) is 23.4 Å². The molecule has 26 heavy (non-hydrogen) atoms. The van der Waals surface area contributed by atoms with Crippen molar-refractivity contribution in [3.63, 3.8) is 0 Å². The summed E-state index contributed by atoms with van der Waals surface area (Å²) in [5.41, 5.74) is 0.946. The second-order valence-electron chi connectivity index (χ2n) is 6.35. The second-order valence-corrected chi connectivity index (χ2v) is 8.10. The van der Waals surface area contributed by atoms with Gasteiger partial charge in [0.05, 0.1) is 5.25 Å². The highest BCUT2D eigenvalue weighted by Crippen LogP contribution is 2.28. The minimum absolute atomic E-state index is 0.0528. The fourth-order valence-electron chi connectivity index (χ4n) is 2.51. The molecule has 140 valence electrons. The van der Waals surface area contributed by atoms with E-state index in [1.54, 1.807) is 7.11 Å². The maximum absolute atomic E-state index is 12.3. The number of aromatic nitrogens is 3. The van der Waals surface area contributed by atoms with Gasteiger partial charge < -0.3 is 14.6 Å². The zero-order valence-electron chi connectivity index (χ0n) is 14.9. The van der Waals surface area contributed by atoms with E-state index in [9.17, 15) is 4.79 Å². The Balaban J connectivity index is 1.79. The van der Waals surface area contributed by atoms with Crippen molar-refractivity contribution in [2.24, 2.45) is 0 Å². The Morgan fingerprint density at radius 1 is 1.38 bits per heavy atom. The number of methoxy groups -OCH3 is 1. The number of carbonyl (C=O) groups excluding carboxylic acids is 1. The molecular weight excluding hydrogens is 372 g/mol. The fourth-order valence-corrected chi connectivity index (χ4v) is 3.53. The highest BCUT2D eigenvalue weighted by molar-refractivity contribution is 8.00. The number of halogens is 1. The first-order valence-electron chi connectivity index (χ1n) is 8.73. The quantitative estimate of drug-likeness (QED) is 0.521. The monoisotopic (exact) mass is 394 g/mol. The molecule has 1 fully saturated rings. The predicted molar refractivity (Wildman–Crippen MR) is 103 cm³/mol. The van der Waals surface area contributed by atoms with Gasteiger partial charge in [-0.15, -0.1) is 10.2 Å². The van der Waals surface area contributed by atoms with E-state index in [0.717, 1.165) is 42.4 Å². The Kier molecular flexibility index (Phi) is 6.56. The van der Waals surface area contributed by atoms with Crippen LogP contribution in [-0.4, -0.2) is 45.7 Å². The number of amides is 1. The highest BCUT2D eigenvalue weighted by atomic mass is 35.5. The molecule has 0 unspecified atom stereocenters. The lowest BCUT2D eigenvalue weighted by Gasteiger charge is -2.13. The Morgan fingerprint density at radius 3 is 2.77 bits per heavy atom. The lowest BCUT2D eigenvalue weighted by atomic mass is 10.2. The summed E-state index contributed by atoms with van der Waals surface area (Å²) in [7, 11) is 1.69. The van der Waals surface area contributed by atoms with Crippen LogP contribution in [0.3, 0.4) is 0 Å². The van der Waals surface area contributed by atoms with Crippen LogP contribution < -0.4 is 5.32 Å². The number of nitrogens with zero attached hydrogens (tertiary/aromatic N) is 3. The molecule has 0 bridgehead atoms. The van der Waals surface area contributed by atoms with Gasteiger partial charge in [0.1, 0.15) is 0 Å². The molecule has 2 aromatic rings. The van der Waals surface area contributed by atoms with Gasteiger partial charge in [-0.25, -0.2) is 0 Å². The average Bonchev–Trinajstić information content (AvgIpc) is 3.36. The van der Waals surface area contributed by atoms with Crippen molar-refractivity contribution < 1.29 is 9.53 Å².